The first-order valence-corrected chi connectivity index (χ1v) is 4.78. The van der Waals surface area contributed by atoms with E-state index in [2.05, 4.69) is 4.98 Å². The maximum atomic E-state index is 12.7. The van der Waals surface area contributed by atoms with Gasteiger partial charge in [0.15, 0.2) is 0 Å². The highest BCUT2D eigenvalue weighted by molar-refractivity contribution is 5.81. The van der Waals surface area contributed by atoms with Crippen LogP contribution in [0.1, 0.15) is 19.4 Å². The summed E-state index contributed by atoms with van der Waals surface area (Å²) in [5, 5.41) is 0.856. The molecule has 0 radical (unpaired) electrons. The monoisotopic (exact) mass is 191 g/mol. The van der Waals surface area contributed by atoms with Crippen molar-refractivity contribution in [1.82, 2.24) is 4.98 Å². The molecule has 1 aromatic carbocycles. The molecule has 74 valence electrons. The predicted octanol–water partition coefficient (Wildman–Crippen LogP) is 3.71. The molecule has 0 saturated heterocycles. The molecule has 1 nitrogen and oxygen atoms in total. The molecule has 0 saturated carbocycles. The van der Waals surface area contributed by atoms with Crippen molar-refractivity contribution in [2.45, 2.75) is 20.8 Å². The number of para-hydroxylation sites is 1. The van der Waals surface area contributed by atoms with Crippen molar-refractivity contribution in [3.05, 3.63) is 41.8 Å². The van der Waals surface area contributed by atoms with E-state index in [1.54, 1.807) is 0 Å². The van der Waals surface area contributed by atoms with Gasteiger partial charge in [-0.05, 0) is 18.6 Å². The Morgan fingerprint density at radius 1 is 1.21 bits per heavy atom. The van der Waals surface area contributed by atoms with E-state index in [1.807, 2.05) is 39.0 Å². The Hall–Kier alpha value is -1.44. The van der Waals surface area contributed by atoms with Crippen molar-refractivity contribution in [3.63, 3.8) is 0 Å². The summed E-state index contributed by atoms with van der Waals surface area (Å²) in [6.07, 6.45) is 1.25. The minimum Gasteiger partial charge on any atom is -0.253 e. The summed E-state index contributed by atoms with van der Waals surface area (Å²) >= 11 is 0. The van der Waals surface area contributed by atoms with Gasteiger partial charge in [-0.25, -0.2) is 4.39 Å². The quantitative estimate of drug-likeness (QED) is 0.618. The topological polar surface area (TPSA) is 12.9 Å². The summed E-state index contributed by atoms with van der Waals surface area (Å²) in [5.41, 5.74) is 1.95. The number of rotatable bonds is 0. The first-order valence-electron chi connectivity index (χ1n) is 4.78. The van der Waals surface area contributed by atoms with Gasteiger partial charge in [0.25, 0.3) is 0 Å². The number of halogens is 1. The van der Waals surface area contributed by atoms with Crippen LogP contribution in [-0.2, 0) is 0 Å². The summed E-state index contributed by atoms with van der Waals surface area (Å²) in [5.74, 6) is -0.284. The van der Waals surface area contributed by atoms with Crippen molar-refractivity contribution < 1.29 is 4.39 Å². The van der Waals surface area contributed by atoms with Gasteiger partial charge in [-0.15, -0.1) is 0 Å². The van der Waals surface area contributed by atoms with Gasteiger partial charge in [-0.3, -0.25) is 4.98 Å². The molecule has 2 aromatic rings. The summed E-state index contributed by atoms with van der Waals surface area (Å²) in [6, 6.07) is 7.22. The fraction of sp³-hybridized carbons (Fsp3) is 0.250. The lowest BCUT2D eigenvalue weighted by atomic mass is 10.1. The smallest absolute Gasteiger partial charge is 0.142 e. The van der Waals surface area contributed by atoms with Crippen LogP contribution in [0, 0.1) is 12.7 Å². The fourth-order valence-electron chi connectivity index (χ4n) is 1.29. The molecule has 0 bridgehead atoms. The zero-order valence-corrected chi connectivity index (χ0v) is 8.71. The number of benzene rings is 1. The van der Waals surface area contributed by atoms with Crippen LogP contribution < -0.4 is 0 Å². The third-order valence-electron chi connectivity index (χ3n) is 1.88. The molecular formula is C12H14FN. The Morgan fingerprint density at radius 3 is 2.64 bits per heavy atom. The van der Waals surface area contributed by atoms with E-state index in [1.165, 1.54) is 12.3 Å². The number of hydrogen-bond donors (Lipinski definition) is 0. The summed E-state index contributed by atoms with van der Waals surface area (Å²) < 4.78 is 12.7. The SMILES string of the molecule is CC.Cc1cccc2cc(F)cnc12. The molecule has 1 heterocycles. The van der Waals surface area contributed by atoms with Crippen LogP contribution in [0.2, 0.25) is 0 Å². The standard InChI is InChI=1S/C10H8FN.C2H6/c1-7-3-2-4-8-5-9(11)6-12-10(7)8;1-2/h2-6H,1H3;1-2H3. The van der Waals surface area contributed by atoms with Crippen molar-refractivity contribution in [3.8, 4) is 0 Å². The molecule has 0 aliphatic heterocycles. The van der Waals surface area contributed by atoms with Gasteiger partial charge in [0.05, 0.1) is 11.7 Å². The molecule has 0 N–H and O–H groups in total. The Labute approximate surface area is 83.6 Å². The van der Waals surface area contributed by atoms with E-state index in [4.69, 9.17) is 0 Å². The van der Waals surface area contributed by atoms with Crippen LogP contribution in [-0.4, -0.2) is 4.98 Å². The molecule has 0 aliphatic rings. The van der Waals surface area contributed by atoms with Crippen molar-refractivity contribution in [1.29, 1.82) is 0 Å². The number of hydrogen-bond acceptors (Lipinski definition) is 1. The number of aryl methyl sites for hydroxylation is 1. The van der Waals surface area contributed by atoms with Crippen LogP contribution in [0.5, 0.6) is 0 Å². The summed E-state index contributed by atoms with van der Waals surface area (Å²) in [4.78, 5) is 4.01. The molecule has 0 fully saturated rings. The maximum absolute atomic E-state index is 12.7. The molecule has 2 rings (SSSR count). The molecule has 1 aromatic heterocycles. The first-order chi connectivity index (χ1) is 6.77. The van der Waals surface area contributed by atoms with E-state index >= 15 is 0 Å². The average Bonchev–Trinajstić information content (AvgIpc) is 2.21. The maximum Gasteiger partial charge on any atom is 0.142 e. The highest BCUT2D eigenvalue weighted by Crippen LogP contribution is 2.15. The Balaban J connectivity index is 0.000000461. The minimum absolute atomic E-state index is 0.284. The normalized spacial score (nSPS) is 9.43. The third-order valence-corrected chi connectivity index (χ3v) is 1.88. The Morgan fingerprint density at radius 2 is 1.93 bits per heavy atom. The van der Waals surface area contributed by atoms with Gasteiger partial charge in [-0.1, -0.05) is 32.0 Å². The number of fused-ring (bicyclic) bond motifs is 1. The average molecular weight is 191 g/mol. The van der Waals surface area contributed by atoms with Gasteiger partial charge in [0, 0.05) is 5.39 Å². The first kappa shape index (κ1) is 10.6. The number of pyridine rings is 1. The van der Waals surface area contributed by atoms with E-state index < -0.39 is 0 Å². The van der Waals surface area contributed by atoms with Crippen LogP contribution in [0.15, 0.2) is 30.5 Å². The molecule has 0 aliphatic carbocycles. The van der Waals surface area contributed by atoms with Crippen molar-refractivity contribution in [2.24, 2.45) is 0 Å². The van der Waals surface area contributed by atoms with E-state index in [0.29, 0.717) is 0 Å². The molecule has 0 spiro atoms. The van der Waals surface area contributed by atoms with Crippen molar-refractivity contribution in [2.75, 3.05) is 0 Å². The molecule has 0 amide bonds. The largest absolute Gasteiger partial charge is 0.253 e. The van der Waals surface area contributed by atoms with Crippen LogP contribution in [0.25, 0.3) is 10.9 Å². The highest BCUT2D eigenvalue weighted by Gasteiger charge is 1.98. The molecule has 2 heteroatoms. The third kappa shape index (κ3) is 2.08. The van der Waals surface area contributed by atoms with Crippen LogP contribution in [0.4, 0.5) is 4.39 Å². The lowest BCUT2D eigenvalue weighted by molar-refractivity contribution is 0.624. The van der Waals surface area contributed by atoms with Gasteiger partial charge < -0.3 is 0 Å². The van der Waals surface area contributed by atoms with Crippen molar-refractivity contribution >= 4 is 10.9 Å². The summed E-state index contributed by atoms with van der Waals surface area (Å²) in [7, 11) is 0. The predicted molar refractivity (Wildman–Crippen MR) is 57.8 cm³/mol. The van der Waals surface area contributed by atoms with Gasteiger partial charge in [0.2, 0.25) is 0 Å². The lowest BCUT2D eigenvalue weighted by Crippen LogP contribution is -1.84. The second-order valence-corrected chi connectivity index (χ2v) is 2.80. The van der Waals surface area contributed by atoms with Gasteiger partial charge in [0.1, 0.15) is 5.82 Å². The van der Waals surface area contributed by atoms with E-state index in [9.17, 15) is 4.39 Å². The lowest BCUT2D eigenvalue weighted by Gasteiger charge is -1.99. The van der Waals surface area contributed by atoms with Crippen LogP contribution in [0.3, 0.4) is 0 Å². The van der Waals surface area contributed by atoms with Crippen LogP contribution >= 0.6 is 0 Å². The van der Waals surface area contributed by atoms with E-state index in [0.717, 1.165) is 16.5 Å². The zero-order valence-electron chi connectivity index (χ0n) is 8.71. The van der Waals surface area contributed by atoms with Gasteiger partial charge >= 0.3 is 0 Å². The highest BCUT2D eigenvalue weighted by atomic mass is 19.1. The summed E-state index contributed by atoms with van der Waals surface area (Å²) in [6.45, 7) is 5.97. The second-order valence-electron chi connectivity index (χ2n) is 2.80. The zero-order chi connectivity index (χ0) is 10.6. The Bertz CT molecular complexity index is 424. The minimum atomic E-state index is -0.284. The van der Waals surface area contributed by atoms with Gasteiger partial charge in [-0.2, -0.15) is 0 Å². The van der Waals surface area contributed by atoms with E-state index in [-0.39, 0.29) is 5.82 Å². The second kappa shape index (κ2) is 4.70. The molecular weight excluding hydrogens is 177 g/mol. The molecule has 0 atom stereocenters. The molecule has 14 heavy (non-hydrogen) atoms. The Kier molecular flexibility index (Phi) is 3.57. The fourth-order valence-corrected chi connectivity index (χ4v) is 1.29. The number of aromatic nitrogens is 1. The molecule has 0 unspecified atom stereocenters. The number of nitrogens with zero attached hydrogens (tertiary/aromatic N) is 1.